The highest BCUT2D eigenvalue weighted by molar-refractivity contribution is 4.56. The Bertz CT molecular complexity index is 61.0. The van der Waals surface area contributed by atoms with Crippen LogP contribution < -0.4 is 5.32 Å². The van der Waals surface area contributed by atoms with E-state index in [1.165, 1.54) is 0 Å². The first-order valence-corrected chi connectivity index (χ1v) is 3.09. The summed E-state index contributed by atoms with van der Waals surface area (Å²) in [5.41, 5.74) is 0. The molecule has 1 N–H and O–H groups in total. The molecule has 0 aliphatic carbocycles. The minimum absolute atomic E-state index is 0.420. The van der Waals surface area contributed by atoms with Crippen LogP contribution in [0.2, 0.25) is 0 Å². The van der Waals surface area contributed by atoms with Crippen LogP contribution in [-0.4, -0.2) is 33.5 Å². The molecular formula is C6H14FNO. The Morgan fingerprint density at radius 2 is 2.33 bits per heavy atom. The van der Waals surface area contributed by atoms with Crippen molar-refractivity contribution in [1.29, 1.82) is 0 Å². The van der Waals surface area contributed by atoms with Crippen LogP contribution in [0.4, 0.5) is 4.39 Å². The zero-order valence-electron chi connectivity index (χ0n) is 5.98. The molecular weight excluding hydrogens is 121 g/mol. The molecule has 0 aromatic heterocycles. The number of nitrogens with one attached hydrogen (secondary N) is 1. The fourth-order valence-corrected chi connectivity index (χ4v) is 0.569. The number of ether oxygens (including phenoxy) is 1. The van der Waals surface area contributed by atoms with Crippen molar-refractivity contribution in [3.8, 4) is 0 Å². The van der Waals surface area contributed by atoms with Gasteiger partial charge >= 0.3 is 0 Å². The maximum atomic E-state index is 12.4. The highest BCUT2D eigenvalue weighted by Crippen LogP contribution is 1.94. The van der Waals surface area contributed by atoms with Crippen molar-refractivity contribution in [1.82, 2.24) is 5.32 Å². The number of alkyl halides is 1. The lowest BCUT2D eigenvalue weighted by Gasteiger charge is -2.04. The number of halogens is 1. The lowest BCUT2D eigenvalue weighted by molar-refractivity contribution is 0.161. The van der Waals surface area contributed by atoms with Gasteiger partial charge in [0.05, 0.1) is 0 Å². The number of methoxy groups -OCH3 is 1. The second-order valence-corrected chi connectivity index (χ2v) is 1.94. The van der Waals surface area contributed by atoms with E-state index in [1.54, 1.807) is 14.2 Å². The molecule has 2 nitrogen and oxygen atoms in total. The van der Waals surface area contributed by atoms with E-state index < -0.39 is 6.17 Å². The van der Waals surface area contributed by atoms with Crippen LogP contribution in [0.1, 0.15) is 6.42 Å². The van der Waals surface area contributed by atoms with Crippen molar-refractivity contribution in [3.05, 3.63) is 0 Å². The number of hydrogen-bond acceptors (Lipinski definition) is 2. The zero-order chi connectivity index (χ0) is 7.11. The third-order valence-electron chi connectivity index (χ3n) is 1.06. The summed E-state index contributed by atoms with van der Waals surface area (Å²) in [6, 6.07) is 0. The molecule has 1 unspecified atom stereocenters. The molecule has 0 heterocycles. The minimum Gasteiger partial charge on any atom is -0.385 e. The standard InChI is InChI=1S/C6H14FNO/c1-8-5-6(7)3-4-9-2/h6,8H,3-5H2,1-2H3. The van der Waals surface area contributed by atoms with E-state index in [1.807, 2.05) is 0 Å². The Kier molecular flexibility index (Phi) is 5.88. The summed E-state index contributed by atoms with van der Waals surface area (Å²) in [6.45, 7) is 0.923. The van der Waals surface area contributed by atoms with Gasteiger partial charge < -0.3 is 10.1 Å². The molecule has 0 amide bonds. The second kappa shape index (κ2) is 5.98. The largest absolute Gasteiger partial charge is 0.385 e. The molecule has 0 aromatic rings. The van der Waals surface area contributed by atoms with Gasteiger partial charge in [-0.05, 0) is 7.05 Å². The van der Waals surface area contributed by atoms with Gasteiger partial charge in [0, 0.05) is 26.7 Å². The molecule has 0 aliphatic heterocycles. The van der Waals surface area contributed by atoms with Crippen LogP contribution in [-0.2, 0) is 4.74 Å². The SMILES string of the molecule is CNCC(F)CCOC. The predicted octanol–water partition coefficient (Wildman–Crippen LogP) is 0.580. The van der Waals surface area contributed by atoms with Crippen LogP contribution in [0.25, 0.3) is 0 Å². The summed E-state index contributed by atoms with van der Waals surface area (Å²) in [6.07, 6.45) is -0.285. The molecule has 0 radical (unpaired) electrons. The van der Waals surface area contributed by atoms with Crippen molar-refractivity contribution in [3.63, 3.8) is 0 Å². The van der Waals surface area contributed by atoms with Gasteiger partial charge in [-0.15, -0.1) is 0 Å². The zero-order valence-corrected chi connectivity index (χ0v) is 5.98. The summed E-state index contributed by atoms with van der Waals surface area (Å²) in [5, 5.41) is 2.75. The smallest absolute Gasteiger partial charge is 0.115 e. The van der Waals surface area contributed by atoms with E-state index in [4.69, 9.17) is 4.74 Å². The molecule has 56 valence electrons. The Morgan fingerprint density at radius 3 is 2.78 bits per heavy atom. The second-order valence-electron chi connectivity index (χ2n) is 1.94. The third-order valence-corrected chi connectivity index (χ3v) is 1.06. The monoisotopic (exact) mass is 135 g/mol. The molecule has 9 heavy (non-hydrogen) atoms. The maximum absolute atomic E-state index is 12.4. The summed E-state index contributed by atoms with van der Waals surface area (Å²) in [5.74, 6) is 0. The van der Waals surface area contributed by atoms with Gasteiger partial charge in [-0.3, -0.25) is 0 Å². The van der Waals surface area contributed by atoms with Gasteiger partial charge in [-0.25, -0.2) is 4.39 Å². The van der Waals surface area contributed by atoms with Crippen molar-refractivity contribution < 1.29 is 9.13 Å². The minimum atomic E-state index is -0.769. The quantitative estimate of drug-likeness (QED) is 0.595. The molecule has 0 aromatic carbocycles. The predicted molar refractivity (Wildman–Crippen MR) is 35.3 cm³/mol. The Labute approximate surface area is 55.4 Å². The lowest BCUT2D eigenvalue weighted by atomic mass is 10.3. The maximum Gasteiger partial charge on any atom is 0.115 e. The van der Waals surface area contributed by atoms with E-state index in [-0.39, 0.29) is 0 Å². The molecule has 0 fully saturated rings. The fourth-order valence-electron chi connectivity index (χ4n) is 0.569. The van der Waals surface area contributed by atoms with Crippen molar-refractivity contribution in [2.45, 2.75) is 12.6 Å². The Balaban J connectivity index is 2.95. The summed E-state index contributed by atoms with van der Waals surface area (Å²) < 4.78 is 17.1. The first-order chi connectivity index (χ1) is 4.31. The van der Waals surface area contributed by atoms with Crippen molar-refractivity contribution >= 4 is 0 Å². The van der Waals surface area contributed by atoms with E-state index in [9.17, 15) is 4.39 Å². The molecule has 0 spiro atoms. The van der Waals surface area contributed by atoms with E-state index in [2.05, 4.69) is 5.32 Å². The summed E-state index contributed by atoms with van der Waals surface area (Å²) in [7, 11) is 3.31. The van der Waals surface area contributed by atoms with Crippen LogP contribution in [0, 0.1) is 0 Å². The molecule has 0 saturated heterocycles. The average molecular weight is 135 g/mol. The fraction of sp³-hybridized carbons (Fsp3) is 1.00. The number of hydrogen-bond donors (Lipinski definition) is 1. The lowest BCUT2D eigenvalue weighted by Crippen LogP contribution is -2.20. The van der Waals surface area contributed by atoms with Crippen LogP contribution in [0.5, 0.6) is 0 Å². The Hall–Kier alpha value is -0.150. The van der Waals surface area contributed by atoms with Crippen LogP contribution in [0.15, 0.2) is 0 Å². The average Bonchev–Trinajstić information content (AvgIpc) is 1.85. The van der Waals surface area contributed by atoms with Gasteiger partial charge in [0.15, 0.2) is 0 Å². The molecule has 3 heteroatoms. The first kappa shape index (κ1) is 8.85. The molecule has 1 atom stereocenters. The van der Waals surface area contributed by atoms with E-state index >= 15 is 0 Å². The normalized spacial score (nSPS) is 13.7. The number of rotatable bonds is 5. The first-order valence-electron chi connectivity index (χ1n) is 3.09. The highest BCUT2D eigenvalue weighted by Gasteiger charge is 2.02. The van der Waals surface area contributed by atoms with E-state index in [0.717, 1.165) is 0 Å². The van der Waals surface area contributed by atoms with Gasteiger partial charge in [-0.1, -0.05) is 0 Å². The summed E-state index contributed by atoms with van der Waals surface area (Å²) >= 11 is 0. The van der Waals surface area contributed by atoms with Crippen molar-refractivity contribution in [2.24, 2.45) is 0 Å². The Morgan fingerprint density at radius 1 is 1.67 bits per heavy atom. The summed E-state index contributed by atoms with van der Waals surface area (Å²) in [4.78, 5) is 0. The van der Waals surface area contributed by atoms with Gasteiger partial charge in [0.25, 0.3) is 0 Å². The molecule has 0 aliphatic rings. The third kappa shape index (κ3) is 5.73. The van der Waals surface area contributed by atoms with Gasteiger partial charge in [-0.2, -0.15) is 0 Å². The van der Waals surface area contributed by atoms with Crippen LogP contribution >= 0.6 is 0 Å². The van der Waals surface area contributed by atoms with Crippen molar-refractivity contribution in [2.75, 3.05) is 27.3 Å². The van der Waals surface area contributed by atoms with Crippen LogP contribution in [0.3, 0.4) is 0 Å². The highest BCUT2D eigenvalue weighted by atomic mass is 19.1. The molecule has 0 bridgehead atoms. The van der Waals surface area contributed by atoms with Gasteiger partial charge in [0.1, 0.15) is 6.17 Å². The molecule has 0 rings (SSSR count). The molecule has 0 saturated carbocycles. The van der Waals surface area contributed by atoms with Gasteiger partial charge in [0.2, 0.25) is 0 Å². The van der Waals surface area contributed by atoms with E-state index in [0.29, 0.717) is 19.6 Å². The topological polar surface area (TPSA) is 21.3 Å².